The van der Waals surface area contributed by atoms with E-state index in [1.54, 1.807) is 24.5 Å². The highest BCUT2D eigenvalue weighted by molar-refractivity contribution is 6.00. The molecule has 0 saturated heterocycles. The Morgan fingerprint density at radius 2 is 1.82 bits per heavy atom. The minimum absolute atomic E-state index is 0.149. The molecule has 0 fully saturated rings. The van der Waals surface area contributed by atoms with Gasteiger partial charge in [0.25, 0.3) is 0 Å². The molecule has 0 bridgehead atoms. The van der Waals surface area contributed by atoms with Gasteiger partial charge >= 0.3 is 6.36 Å². The Morgan fingerprint density at radius 3 is 2.54 bits per heavy atom. The van der Waals surface area contributed by atoms with Crippen LogP contribution in [0.3, 0.4) is 0 Å². The lowest BCUT2D eigenvalue weighted by atomic mass is 10.2. The summed E-state index contributed by atoms with van der Waals surface area (Å²) in [5.74, 6) is 0.234. The Morgan fingerprint density at radius 1 is 1.11 bits per heavy atom. The molecular weight excluding hydrogens is 375 g/mol. The third-order valence-corrected chi connectivity index (χ3v) is 4.23. The zero-order valence-corrected chi connectivity index (χ0v) is 14.6. The van der Waals surface area contributed by atoms with Crippen molar-refractivity contribution < 1.29 is 27.4 Å². The first kappa shape index (κ1) is 17.9. The highest BCUT2D eigenvalue weighted by atomic mass is 19.4. The Bertz CT molecular complexity index is 1150. The number of imidazole rings is 1. The van der Waals surface area contributed by atoms with Gasteiger partial charge in [0.15, 0.2) is 5.52 Å². The molecule has 0 atom stereocenters. The molecule has 0 N–H and O–H groups in total. The van der Waals surface area contributed by atoms with Crippen molar-refractivity contribution in [2.45, 2.75) is 13.0 Å². The van der Waals surface area contributed by atoms with E-state index in [1.807, 2.05) is 11.6 Å². The molecule has 9 heteroatoms. The van der Waals surface area contributed by atoms with E-state index in [2.05, 4.69) is 9.72 Å². The maximum Gasteiger partial charge on any atom is 0.573 e. The molecule has 0 unspecified atom stereocenters. The van der Waals surface area contributed by atoms with E-state index < -0.39 is 6.36 Å². The zero-order chi connectivity index (χ0) is 19.9. The molecule has 6 nitrogen and oxygen atoms in total. The number of rotatable bonds is 4. The Kier molecular flexibility index (Phi) is 4.21. The first-order valence-electron chi connectivity index (χ1n) is 8.24. The monoisotopic (exact) mass is 389 g/mol. The minimum atomic E-state index is -4.72. The van der Waals surface area contributed by atoms with Gasteiger partial charge in [-0.2, -0.15) is 4.73 Å². The minimum Gasteiger partial charge on any atom is -0.618 e. The average Bonchev–Trinajstić information content (AvgIpc) is 3.00. The molecule has 28 heavy (non-hydrogen) atoms. The quantitative estimate of drug-likeness (QED) is 0.393. The number of aromatic nitrogens is 3. The normalized spacial score (nSPS) is 11.9. The first-order chi connectivity index (χ1) is 13.3. The molecule has 0 spiro atoms. The van der Waals surface area contributed by atoms with Gasteiger partial charge in [-0.05, 0) is 29.8 Å². The van der Waals surface area contributed by atoms with Crippen LogP contribution in [0.1, 0.15) is 5.56 Å². The van der Waals surface area contributed by atoms with Crippen LogP contribution in [0.4, 0.5) is 13.2 Å². The number of benzene rings is 2. The third kappa shape index (κ3) is 3.51. The van der Waals surface area contributed by atoms with Crippen molar-refractivity contribution >= 4 is 21.9 Å². The lowest BCUT2D eigenvalue weighted by molar-refractivity contribution is -0.575. The fourth-order valence-electron chi connectivity index (χ4n) is 2.99. The van der Waals surface area contributed by atoms with Crippen molar-refractivity contribution in [3.63, 3.8) is 0 Å². The Balaban J connectivity index is 1.57. The zero-order valence-electron chi connectivity index (χ0n) is 14.6. The second-order valence-electron chi connectivity index (χ2n) is 6.20. The largest absolute Gasteiger partial charge is 0.618 e. The number of fused-ring (bicyclic) bond motifs is 3. The van der Waals surface area contributed by atoms with Crippen molar-refractivity contribution in [2.75, 3.05) is 0 Å². The molecule has 2 aromatic carbocycles. The summed E-state index contributed by atoms with van der Waals surface area (Å²) < 4.78 is 48.8. The molecule has 4 rings (SSSR count). The molecule has 0 radical (unpaired) electrons. The van der Waals surface area contributed by atoms with Crippen molar-refractivity contribution in [1.82, 2.24) is 9.55 Å². The summed E-state index contributed by atoms with van der Waals surface area (Å²) in [5.41, 5.74) is 2.54. The highest BCUT2D eigenvalue weighted by Crippen LogP contribution is 2.27. The molecule has 4 aromatic rings. The van der Waals surface area contributed by atoms with Gasteiger partial charge in [-0.15, -0.1) is 13.2 Å². The second kappa shape index (κ2) is 6.59. The number of hydrogen-bond acceptors (Lipinski definition) is 4. The summed E-state index contributed by atoms with van der Waals surface area (Å²) >= 11 is 0. The third-order valence-electron chi connectivity index (χ3n) is 4.23. The number of nitrogens with zero attached hydrogens (tertiary/aromatic N) is 3. The van der Waals surface area contributed by atoms with Gasteiger partial charge < -0.3 is 19.2 Å². The van der Waals surface area contributed by atoms with Crippen LogP contribution in [0.5, 0.6) is 11.5 Å². The highest BCUT2D eigenvalue weighted by Gasteiger charge is 2.30. The number of alkyl halides is 3. The van der Waals surface area contributed by atoms with Crippen molar-refractivity contribution in [3.8, 4) is 11.5 Å². The van der Waals surface area contributed by atoms with Crippen molar-refractivity contribution in [3.05, 3.63) is 65.8 Å². The number of aryl methyl sites for hydroxylation is 1. The number of ether oxygens (including phenoxy) is 2. The summed E-state index contributed by atoms with van der Waals surface area (Å²) in [6.07, 6.45) is -1.68. The van der Waals surface area contributed by atoms with Crippen molar-refractivity contribution in [2.24, 2.45) is 7.05 Å². The SMILES string of the molecule is Cn1cnc2c[n+]([O-])c3ccc(OCc4ccc(OC(F)(F)F)cc4)cc3c21. The van der Waals surface area contributed by atoms with Crippen LogP contribution in [-0.2, 0) is 13.7 Å². The molecule has 2 heterocycles. The summed E-state index contributed by atoms with van der Waals surface area (Å²) in [6, 6.07) is 10.5. The summed E-state index contributed by atoms with van der Waals surface area (Å²) in [5, 5.41) is 12.9. The van der Waals surface area contributed by atoms with Crippen molar-refractivity contribution in [1.29, 1.82) is 0 Å². The fraction of sp³-hybridized carbons (Fsp3) is 0.158. The van der Waals surface area contributed by atoms with E-state index in [0.717, 1.165) is 10.2 Å². The number of hydrogen-bond donors (Lipinski definition) is 0. The maximum atomic E-state index is 12.2. The van der Waals surface area contributed by atoms with Crippen LogP contribution in [0, 0.1) is 5.21 Å². The summed E-state index contributed by atoms with van der Waals surface area (Å²) in [6.45, 7) is 0.149. The number of pyridine rings is 1. The predicted molar refractivity (Wildman–Crippen MR) is 94.6 cm³/mol. The average molecular weight is 389 g/mol. The fourth-order valence-corrected chi connectivity index (χ4v) is 2.99. The van der Waals surface area contributed by atoms with Crippen LogP contribution >= 0.6 is 0 Å². The lowest BCUT2D eigenvalue weighted by Gasteiger charge is -2.11. The summed E-state index contributed by atoms with van der Waals surface area (Å²) in [7, 11) is 1.84. The maximum absolute atomic E-state index is 12.2. The molecule has 144 valence electrons. The molecule has 2 aromatic heterocycles. The Labute approximate surface area is 156 Å². The van der Waals surface area contributed by atoms with Gasteiger partial charge in [0.05, 0.1) is 17.2 Å². The van der Waals surface area contributed by atoms with Gasteiger partial charge in [0.2, 0.25) is 11.7 Å². The van der Waals surface area contributed by atoms with Crippen LogP contribution in [0.25, 0.3) is 21.9 Å². The molecule has 0 saturated carbocycles. The van der Waals surface area contributed by atoms with E-state index >= 15 is 0 Å². The topological polar surface area (TPSA) is 63.2 Å². The van der Waals surface area contributed by atoms with Gasteiger partial charge in [-0.1, -0.05) is 12.1 Å². The van der Waals surface area contributed by atoms with E-state index in [1.165, 1.54) is 30.5 Å². The lowest BCUT2D eigenvalue weighted by Crippen LogP contribution is -2.26. The van der Waals surface area contributed by atoms with Crippen LogP contribution in [0.2, 0.25) is 0 Å². The molecule has 0 amide bonds. The van der Waals surface area contributed by atoms with Gasteiger partial charge in [-0.3, -0.25) is 0 Å². The standard InChI is InChI=1S/C19H14F3N3O3/c1-24-11-23-16-9-25(26)17-7-6-14(8-15(17)18(16)24)27-10-12-2-4-13(5-3-12)28-19(20,21)22/h2-9,11H,10H2,1H3. The predicted octanol–water partition coefficient (Wildman–Crippen LogP) is 3.84. The van der Waals surface area contributed by atoms with Gasteiger partial charge in [-0.25, -0.2) is 4.98 Å². The summed E-state index contributed by atoms with van der Waals surface area (Å²) in [4.78, 5) is 4.20. The van der Waals surface area contributed by atoms with E-state index in [9.17, 15) is 18.4 Å². The van der Waals surface area contributed by atoms with E-state index in [4.69, 9.17) is 4.74 Å². The van der Waals surface area contributed by atoms with Crippen LogP contribution < -0.4 is 14.2 Å². The first-order valence-corrected chi connectivity index (χ1v) is 8.24. The second-order valence-corrected chi connectivity index (χ2v) is 6.20. The van der Waals surface area contributed by atoms with E-state index in [0.29, 0.717) is 27.7 Å². The van der Waals surface area contributed by atoms with Gasteiger partial charge in [0.1, 0.15) is 18.1 Å². The van der Waals surface area contributed by atoms with Crippen LogP contribution in [-0.4, -0.2) is 15.9 Å². The molecular formula is C19H14F3N3O3. The van der Waals surface area contributed by atoms with Crippen LogP contribution in [0.15, 0.2) is 55.0 Å². The van der Waals surface area contributed by atoms with E-state index in [-0.39, 0.29) is 12.4 Å². The molecule has 0 aliphatic heterocycles. The number of halogens is 3. The van der Waals surface area contributed by atoms with Gasteiger partial charge in [0, 0.05) is 13.1 Å². The Hall–Kier alpha value is -3.49. The molecule has 0 aliphatic carbocycles. The molecule has 0 aliphatic rings. The smallest absolute Gasteiger partial charge is 0.573 e.